The van der Waals surface area contributed by atoms with Crippen LogP contribution in [-0.2, 0) is 4.74 Å². The summed E-state index contributed by atoms with van der Waals surface area (Å²) in [4.78, 5) is 0. The van der Waals surface area contributed by atoms with Crippen molar-refractivity contribution in [2.24, 2.45) is 11.7 Å². The maximum Gasteiger partial charge on any atom is 0.0480 e. The molecule has 2 heteroatoms. The monoisotopic (exact) mass is 185 g/mol. The van der Waals surface area contributed by atoms with Crippen LogP contribution in [0, 0.1) is 5.92 Å². The first-order chi connectivity index (χ1) is 6.33. The Balaban J connectivity index is 1.87. The lowest BCUT2D eigenvalue weighted by atomic mass is 9.80. The highest BCUT2D eigenvalue weighted by Gasteiger charge is 2.19. The highest BCUT2D eigenvalue weighted by Crippen LogP contribution is 2.30. The normalized spacial score (nSPS) is 19.8. The molecule has 0 radical (unpaired) electrons. The molecule has 0 aromatic heterocycles. The van der Waals surface area contributed by atoms with Gasteiger partial charge < -0.3 is 10.5 Å². The molecule has 0 bridgehead atoms. The summed E-state index contributed by atoms with van der Waals surface area (Å²) in [5, 5.41) is 0. The Bertz CT molecular complexity index is 123. The van der Waals surface area contributed by atoms with E-state index in [4.69, 9.17) is 10.5 Å². The van der Waals surface area contributed by atoms with Crippen LogP contribution < -0.4 is 5.73 Å². The molecule has 1 saturated carbocycles. The summed E-state index contributed by atoms with van der Waals surface area (Å²) >= 11 is 0. The largest absolute Gasteiger partial charge is 0.381 e. The molecule has 1 aliphatic carbocycles. The van der Waals surface area contributed by atoms with Crippen LogP contribution in [0.2, 0.25) is 0 Å². The molecule has 13 heavy (non-hydrogen) atoms. The molecular weight excluding hydrogens is 162 g/mol. The summed E-state index contributed by atoms with van der Waals surface area (Å²) in [6.45, 7) is 3.87. The first-order valence-corrected chi connectivity index (χ1v) is 5.66. The van der Waals surface area contributed by atoms with Gasteiger partial charge in [-0.2, -0.15) is 0 Å². The smallest absolute Gasteiger partial charge is 0.0480 e. The lowest BCUT2D eigenvalue weighted by molar-refractivity contribution is 0.123. The van der Waals surface area contributed by atoms with E-state index in [2.05, 4.69) is 6.92 Å². The molecule has 0 saturated heterocycles. The molecule has 78 valence electrons. The van der Waals surface area contributed by atoms with Crippen molar-refractivity contribution in [3.8, 4) is 0 Å². The molecule has 0 heterocycles. The topological polar surface area (TPSA) is 35.2 Å². The third kappa shape index (κ3) is 4.63. The zero-order chi connectivity index (χ0) is 9.52. The average Bonchev–Trinajstić information content (AvgIpc) is 2.06. The van der Waals surface area contributed by atoms with Crippen molar-refractivity contribution in [3.63, 3.8) is 0 Å². The van der Waals surface area contributed by atoms with Gasteiger partial charge in [0.05, 0.1) is 0 Å². The molecule has 0 aromatic carbocycles. The summed E-state index contributed by atoms with van der Waals surface area (Å²) < 4.78 is 5.41. The first-order valence-electron chi connectivity index (χ1n) is 5.66. The summed E-state index contributed by atoms with van der Waals surface area (Å²) in [6, 6.07) is 0.377. The quantitative estimate of drug-likeness (QED) is 0.618. The summed E-state index contributed by atoms with van der Waals surface area (Å²) in [6.07, 6.45) is 7.60. The van der Waals surface area contributed by atoms with E-state index >= 15 is 0 Å². The Hall–Kier alpha value is -0.0800. The molecule has 0 aromatic rings. The number of hydrogen-bond acceptors (Lipinski definition) is 2. The predicted molar refractivity (Wildman–Crippen MR) is 55.7 cm³/mol. The SMILES string of the molecule is CCCOCCC(N)CC1CCC1. The first kappa shape index (κ1) is 11.0. The maximum atomic E-state index is 5.99. The Labute approximate surface area is 81.8 Å². The Morgan fingerprint density at radius 1 is 1.38 bits per heavy atom. The highest BCUT2D eigenvalue weighted by atomic mass is 16.5. The lowest BCUT2D eigenvalue weighted by Crippen LogP contribution is -2.27. The fourth-order valence-corrected chi connectivity index (χ4v) is 1.76. The van der Waals surface area contributed by atoms with Crippen molar-refractivity contribution in [2.45, 2.75) is 51.5 Å². The van der Waals surface area contributed by atoms with Crippen LogP contribution in [0.25, 0.3) is 0 Å². The second-order valence-electron chi connectivity index (χ2n) is 4.19. The molecule has 2 N–H and O–H groups in total. The minimum absolute atomic E-state index is 0.377. The molecule has 0 spiro atoms. The van der Waals surface area contributed by atoms with E-state index < -0.39 is 0 Å². The number of ether oxygens (including phenoxy) is 1. The van der Waals surface area contributed by atoms with Gasteiger partial charge in [0.15, 0.2) is 0 Å². The zero-order valence-electron chi connectivity index (χ0n) is 8.80. The molecule has 1 atom stereocenters. The van der Waals surface area contributed by atoms with Crippen LogP contribution >= 0.6 is 0 Å². The lowest BCUT2D eigenvalue weighted by Gasteiger charge is -2.27. The fourth-order valence-electron chi connectivity index (χ4n) is 1.76. The number of rotatable bonds is 7. The van der Waals surface area contributed by atoms with Gasteiger partial charge in [-0.25, -0.2) is 0 Å². The van der Waals surface area contributed by atoms with Crippen molar-refractivity contribution in [2.75, 3.05) is 13.2 Å². The van der Waals surface area contributed by atoms with Crippen molar-refractivity contribution in [3.05, 3.63) is 0 Å². The van der Waals surface area contributed by atoms with Crippen LogP contribution in [0.1, 0.15) is 45.4 Å². The molecule has 1 aliphatic rings. The third-order valence-electron chi connectivity index (χ3n) is 2.84. The van der Waals surface area contributed by atoms with Gasteiger partial charge in [-0.15, -0.1) is 0 Å². The number of hydrogen-bond donors (Lipinski definition) is 1. The minimum Gasteiger partial charge on any atom is -0.381 e. The van der Waals surface area contributed by atoms with Crippen LogP contribution in [0.15, 0.2) is 0 Å². The minimum atomic E-state index is 0.377. The maximum absolute atomic E-state index is 5.99. The predicted octanol–water partition coefficient (Wildman–Crippen LogP) is 2.32. The van der Waals surface area contributed by atoms with Crippen molar-refractivity contribution < 1.29 is 4.74 Å². The van der Waals surface area contributed by atoms with Gasteiger partial charge in [-0.3, -0.25) is 0 Å². The second-order valence-corrected chi connectivity index (χ2v) is 4.19. The molecule has 2 nitrogen and oxygen atoms in total. The van der Waals surface area contributed by atoms with Gasteiger partial charge in [-0.1, -0.05) is 26.2 Å². The van der Waals surface area contributed by atoms with E-state index in [1.807, 2.05) is 0 Å². The highest BCUT2D eigenvalue weighted by molar-refractivity contribution is 4.74. The molecular formula is C11H23NO. The molecule has 0 amide bonds. The van der Waals surface area contributed by atoms with Gasteiger partial charge in [0.25, 0.3) is 0 Å². The van der Waals surface area contributed by atoms with Crippen molar-refractivity contribution in [1.82, 2.24) is 0 Å². The van der Waals surface area contributed by atoms with Crippen molar-refractivity contribution >= 4 is 0 Å². The van der Waals surface area contributed by atoms with Gasteiger partial charge in [-0.05, 0) is 25.2 Å². The van der Waals surface area contributed by atoms with Gasteiger partial charge >= 0.3 is 0 Å². The zero-order valence-corrected chi connectivity index (χ0v) is 8.80. The van der Waals surface area contributed by atoms with Crippen LogP contribution in [0.5, 0.6) is 0 Å². The van der Waals surface area contributed by atoms with Crippen LogP contribution in [-0.4, -0.2) is 19.3 Å². The van der Waals surface area contributed by atoms with E-state index in [0.29, 0.717) is 6.04 Å². The Kier molecular flexibility index (Phi) is 5.40. The van der Waals surface area contributed by atoms with E-state index in [-0.39, 0.29) is 0 Å². The number of nitrogens with two attached hydrogens (primary N) is 1. The average molecular weight is 185 g/mol. The molecule has 1 rings (SSSR count). The third-order valence-corrected chi connectivity index (χ3v) is 2.84. The Morgan fingerprint density at radius 2 is 2.15 bits per heavy atom. The van der Waals surface area contributed by atoms with Crippen LogP contribution in [0.3, 0.4) is 0 Å². The van der Waals surface area contributed by atoms with E-state index in [9.17, 15) is 0 Å². The van der Waals surface area contributed by atoms with Crippen LogP contribution in [0.4, 0.5) is 0 Å². The van der Waals surface area contributed by atoms with Crippen molar-refractivity contribution in [1.29, 1.82) is 0 Å². The molecule has 1 unspecified atom stereocenters. The molecule has 1 fully saturated rings. The van der Waals surface area contributed by atoms with Gasteiger partial charge in [0, 0.05) is 19.3 Å². The second kappa shape index (κ2) is 6.39. The fraction of sp³-hybridized carbons (Fsp3) is 1.00. The van der Waals surface area contributed by atoms with E-state index in [1.165, 1.54) is 25.7 Å². The van der Waals surface area contributed by atoms with Gasteiger partial charge in [0.2, 0.25) is 0 Å². The standard InChI is InChI=1S/C11H23NO/c1-2-7-13-8-6-11(12)9-10-4-3-5-10/h10-11H,2-9,12H2,1H3. The van der Waals surface area contributed by atoms with Gasteiger partial charge in [0.1, 0.15) is 0 Å². The van der Waals surface area contributed by atoms with E-state index in [0.717, 1.165) is 32.0 Å². The van der Waals surface area contributed by atoms with E-state index in [1.54, 1.807) is 0 Å². The summed E-state index contributed by atoms with van der Waals surface area (Å²) in [7, 11) is 0. The molecule has 0 aliphatic heterocycles. The summed E-state index contributed by atoms with van der Waals surface area (Å²) in [5.41, 5.74) is 5.99. The Morgan fingerprint density at radius 3 is 2.69 bits per heavy atom. The summed E-state index contributed by atoms with van der Waals surface area (Å²) in [5.74, 6) is 0.932.